The van der Waals surface area contributed by atoms with Crippen molar-refractivity contribution in [3.8, 4) is 0 Å². The highest BCUT2D eigenvalue weighted by atomic mass is 16.7. The van der Waals surface area contributed by atoms with Crippen molar-refractivity contribution in [1.82, 2.24) is 5.32 Å². The van der Waals surface area contributed by atoms with Crippen molar-refractivity contribution in [1.29, 1.82) is 0 Å². The highest BCUT2D eigenvalue weighted by molar-refractivity contribution is 4.56. The summed E-state index contributed by atoms with van der Waals surface area (Å²) in [5.41, 5.74) is 0. The lowest BCUT2D eigenvalue weighted by atomic mass is 10.2. The first-order valence-electron chi connectivity index (χ1n) is 5.37. The zero-order valence-corrected chi connectivity index (χ0v) is 8.55. The Bertz CT molecular complexity index is 113. The molecule has 1 N–H and O–H groups in total. The maximum Gasteiger partial charge on any atom is 0.170 e. The van der Waals surface area contributed by atoms with Crippen molar-refractivity contribution in [3.05, 3.63) is 0 Å². The van der Waals surface area contributed by atoms with E-state index in [0.717, 1.165) is 26.3 Å². The summed E-state index contributed by atoms with van der Waals surface area (Å²) in [6, 6.07) is 0. The van der Waals surface area contributed by atoms with Crippen LogP contribution in [0.5, 0.6) is 0 Å². The summed E-state index contributed by atoms with van der Waals surface area (Å²) in [5.74, 6) is 0. The standard InChI is InChI=1S/C10H21NO2/c1-2-3-4-5-6-11-9-10-12-7-8-13-10/h10-11H,2-9H2,1H3. The quantitative estimate of drug-likeness (QED) is 0.613. The number of hydrogen-bond donors (Lipinski definition) is 1. The smallest absolute Gasteiger partial charge is 0.170 e. The maximum absolute atomic E-state index is 5.30. The minimum Gasteiger partial charge on any atom is -0.349 e. The number of ether oxygens (including phenoxy) is 2. The van der Waals surface area contributed by atoms with Crippen LogP contribution in [-0.4, -0.2) is 32.6 Å². The fraction of sp³-hybridized carbons (Fsp3) is 1.00. The molecule has 0 saturated carbocycles. The van der Waals surface area contributed by atoms with E-state index in [9.17, 15) is 0 Å². The van der Waals surface area contributed by atoms with Gasteiger partial charge in [-0.15, -0.1) is 0 Å². The molecule has 78 valence electrons. The van der Waals surface area contributed by atoms with Crippen molar-refractivity contribution in [2.75, 3.05) is 26.3 Å². The number of unbranched alkanes of at least 4 members (excludes halogenated alkanes) is 3. The van der Waals surface area contributed by atoms with Crippen LogP contribution in [0.3, 0.4) is 0 Å². The highest BCUT2D eigenvalue weighted by Crippen LogP contribution is 2.02. The van der Waals surface area contributed by atoms with Gasteiger partial charge < -0.3 is 14.8 Å². The number of hydrogen-bond acceptors (Lipinski definition) is 3. The van der Waals surface area contributed by atoms with E-state index in [-0.39, 0.29) is 6.29 Å². The largest absolute Gasteiger partial charge is 0.349 e. The van der Waals surface area contributed by atoms with Gasteiger partial charge in [-0.05, 0) is 13.0 Å². The van der Waals surface area contributed by atoms with E-state index in [0.29, 0.717) is 0 Å². The van der Waals surface area contributed by atoms with Crippen LogP contribution in [0.15, 0.2) is 0 Å². The molecule has 1 rings (SSSR count). The SMILES string of the molecule is CCCCCCNCC1OCCO1. The Morgan fingerprint density at radius 3 is 2.62 bits per heavy atom. The Kier molecular flexibility index (Phi) is 6.15. The molecular weight excluding hydrogens is 166 g/mol. The van der Waals surface area contributed by atoms with E-state index in [4.69, 9.17) is 9.47 Å². The Hall–Kier alpha value is -0.120. The second-order valence-electron chi connectivity index (χ2n) is 3.44. The molecule has 1 aliphatic heterocycles. The zero-order valence-electron chi connectivity index (χ0n) is 8.55. The normalized spacial score (nSPS) is 18.2. The first-order valence-corrected chi connectivity index (χ1v) is 5.37. The van der Waals surface area contributed by atoms with Gasteiger partial charge in [0.2, 0.25) is 0 Å². The molecule has 0 amide bonds. The molecule has 0 spiro atoms. The van der Waals surface area contributed by atoms with Gasteiger partial charge in [0, 0.05) is 6.54 Å². The Morgan fingerprint density at radius 2 is 1.92 bits per heavy atom. The molecule has 0 aromatic rings. The minimum absolute atomic E-state index is 0.00572. The van der Waals surface area contributed by atoms with Crippen LogP contribution in [0, 0.1) is 0 Å². The Balaban J connectivity index is 1.78. The minimum atomic E-state index is 0.00572. The highest BCUT2D eigenvalue weighted by Gasteiger charge is 2.14. The Labute approximate surface area is 80.8 Å². The van der Waals surface area contributed by atoms with Gasteiger partial charge in [0.15, 0.2) is 6.29 Å². The second-order valence-corrected chi connectivity index (χ2v) is 3.44. The number of rotatable bonds is 7. The summed E-state index contributed by atoms with van der Waals surface area (Å²) in [4.78, 5) is 0. The van der Waals surface area contributed by atoms with Gasteiger partial charge in [0.1, 0.15) is 0 Å². The van der Waals surface area contributed by atoms with Crippen LogP contribution < -0.4 is 5.32 Å². The molecule has 3 heteroatoms. The summed E-state index contributed by atoms with van der Waals surface area (Å²) in [5, 5.41) is 3.34. The van der Waals surface area contributed by atoms with Crippen molar-refractivity contribution in [3.63, 3.8) is 0 Å². The van der Waals surface area contributed by atoms with Crippen LogP contribution in [-0.2, 0) is 9.47 Å². The van der Waals surface area contributed by atoms with E-state index >= 15 is 0 Å². The van der Waals surface area contributed by atoms with Gasteiger partial charge in [-0.1, -0.05) is 26.2 Å². The fourth-order valence-electron chi connectivity index (χ4n) is 1.42. The summed E-state index contributed by atoms with van der Waals surface area (Å²) in [7, 11) is 0. The molecular formula is C10H21NO2. The van der Waals surface area contributed by atoms with E-state index in [1.165, 1.54) is 25.7 Å². The lowest BCUT2D eigenvalue weighted by Gasteiger charge is -2.09. The average molecular weight is 187 g/mol. The summed E-state index contributed by atoms with van der Waals surface area (Å²) in [6.07, 6.45) is 5.25. The summed E-state index contributed by atoms with van der Waals surface area (Å²) < 4.78 is 10.6. The molecule has 13 heavy (non-hydrogen) atoms. The van der Waals surface area contributed by atoms with Crippen LogP contribution in [0.2, 0.25) is 0 Å². The van der Waals surface area contributed by atoms with Crippen molar-refractivity contribution < 1.29 is 9.47 Å². The van der Waals surface area contributed by atoms with Crippen LogP contribution in [0.4, 0.5) is 0 Å². The maximum atomic E-state index is 5.30. The van der Waals surface area contributed by atoms with Crippen molar-refractivity contribution in [2.45, 2.75) is 38.9 Å². The topological polar surface area (TPSA) is 30.5 Å². The molecule has 0 radical (unpaired) electrons. The van der Waals surface area contributed by atoms with Gasteiger partial charge >= 0.3 is 0 Å². The lowest BCUT2D eigenvalue weighted by Crippen LogP contribution is -2.28. The summed E-state index contributed by atoms with van der Waals surface area (Å²) >= 11 is 0. The predicted molar refractivity (Wildman–Crippen MR) is 52.7 cm³/mol. The van der Waals surface area contributed by atoms with E-state index in [1.807, 2.05) is 0 Å². The summed E-state index contributed by atoms with van der Waals surface area (Å²) in [6.45, 7) is 5.66. The first kappa shape index (κ1) is 11.0. The molecule has 1 heterocycles. The molecule has 3 nitrogen and oxygen atoms in total. The molecule has 1 aliphatic rings. The van der Waals surface area contributed by atoms with Crippen molar-refractivity contribution >= 4 is 0 Å². The molecule has 0 unspecified atom stereocenters. The van der Waals surface area contributed by atoms with Crippen molar-refractivity contribution in [2.24, 2.45) is 0 Å². The van der Waals surface area contributed by atoms with E-state index in [1.54, 1.807) is 0 Å². The molecule has 0 bridgehead atoms. The monoisotopic (exact) mass is 187 g/mol. The third kappa shape index (κ3) is 5.24. The Morgan fingerprint density at radius 1 is 1.15 bits per heavy atom. The van der Waals surface area contributed by atoms with Crippen LogP contribution in [0.1, 0.15) is 32.6 Å². The molecule has 0 aliphatic carbocycles. The zero-order chi connectivity index (χ0) is 9.36. The van der Waals surface area contributed by atoms with Gasteiger partial charge in [-0.3, -0.25) is 0 Å². The van der Waals surface area contributed by atoms with E-state index in [2.05, 4.69) is 12.2 Å². The molecule has 0 aromatic heterocycles. The molecule has 1 fully saturated rings. The third-order valence-corrected chi connectivity index (χ3v) is 2.21. The van der Waals surface area contributed by atoms with Gasteiger partial charge in [-0.25, -0.2) is 0 Å². The first-order chi connectivity index (χ1) is 6.43. The molecule has 1 saturated heterocycles. The lowest BCUT2D eigenvalue weighted by molar-refractivity contribution is -0.0389. The van der Waals surface area contributed by atoms with Gasteiger partial charge in [0.25, 0.3) is 0 Å². The van der Waals surface area contributed by atoms with Crippen LogP contribution in [0.25, 0.3) is 0 Å². The third-order valence-electron chi connectivity index (χ3n) is 2.21. The van der Waals surface area contributed by atoms with E-state index < -0.39 is 0 Å². The second kappa shape index (κ2) is 7.30. The van der Waals surface area contributed by atoms with Gasteiger partial charge in [-0.2, -0.15) is 0 Å². The molecule has 0 atom stereocenters. The number of nitrogens with one attached hydrogen (secondary N) is 1. The fourth-order valence-corrected chi connectivity index (χ4v) is 1.42. The molecule has 0 aromatic carbocycles. The van der Waals surface area contributed by atoms with Crippen LogP contribution >= 0.6 is 0 Å². The average Bonchev–Trinajstić information content (AvgIpc) is 2.63. The van der Waals surface area contributed by atoms with Gasteiger partial charge in [0.05, 0.1) is 13.2 Å². The predicted octanol–water partition coefficient (Wildman–Crippen LogP) is 1.53.